The van der Waals surface area contributed by atoms with Crippen LogP contribution >= 0.6 is 0 Å². The number of aliphatic hydroxyl groups excluding tert-OH is 1. The van der Waals surface area contributed by atoms with Gasteiger partial charge in [0.25, 0.3) is 0 Å². The Morgan fingerprint density at radius 1 is 1.19 bits per heavy atom. The van der Waals surface area contributed by atoms with Crippen molar-refractivity contribution in [1.29, 1.82) is 0 Å². The SMILES string of the molecule is COC(=O)C(O)C(O)(Cc1ccc(O)c(O)c1)C(=O)OC. The van der Waals surface area contributed by atoms with Crippen molar-refractivity contribution in [3.05, 3.63) is 23.8 Å². The largest absolute Gasteiger partial charge is 0.504 e. The molecule has 1 aromatic carbocycles. The number of hydrogen-bond acceptors (Lipinski definition) is 8. The van der Waals surface area contributed by atoms with Gasteiger partial charge in [0.2, 0.25) is 5.60 Å². The fourth-order valence-electron chi connectivity index (χ4n) is 1.75. The van der Waals surface area contributed by atoms with Gasteiger partial charge in [-0.15, -0.1) is 0 Å². The van der Waals surface area contributed by atoms with Gasteiger partial charge in [-0.05, 0) is 17.7 Å². The molecule has 0 amide bonds. The minimum atomic E-state index is -2.59. The summed E-state index contributed by atoms with van der Waals surface area (Å²) in [6.07, 6.45) is -2.71. The van der Waals surface area contributed by atoms with E-state index < -0.39 is 41.6 Å². The number of carbonyl (C=O) groups is 2. The van der Waals surface area contributed by atoms with Crippen molar-refractivity contribution in [3.63, 3.8) is 0 Å². The number of aromatic hydroxyl groups is 2. The van der Waals surface area contributed by atoms with E-state index in [1.165, 1.54) is 6.07 Å². The van der Waals surface area contributed by atoms with E-state index in [1.54, 1.807) is 0 Å². The minimum Gasteiger partial charge on any atom is -0.504 e. The molecule has 8 nitrogen and oxygen atoms in total. The summed E-state index contributed by atoms with van der Waals surface area (Å²) in [6.45, 7) is 0. The normalized spacial score (nSPS) is 14.9. The van der Waals surface area contributed by atoms with Crippen LogP contribution in [-0.2, 0) is 25.5 Å². The molecular formula is C13H16O8. The zero-order valence-corrected chi connectivity index (χ0v) is 11.4. The molecule has 0 aliphatic carbocycles. The van der Waals surface area contributed by atoms with Crippen molar-refractivity contribution >= 4 is 11.9 Å². The number of phenols is 2. The fourth-order valence-corrected chi connectivity index (χ4v) is 1.75. The average Bonchev–Trinajstić information content (AvgIpc) is 2.48. The van der Waals surface area contributed by atoms with Crippen LogP contribution < -0.4 is 0 Å². The number of benzene rings is 1. The quantitative estimate of drug-likeness (QED) is 0.405. The van der Waals surface area contributed by atoms with Gasteiger partial charge in [-0.25, -0.2) is 9.59 Å². The predicted octanol–water partition coefficient (Wildman–Crippen LogP) is -0.922. The Morgan fingerprint density at radius 2 is 1.81 bits per heavy atom. The molecule has 21 heavy (non-hydrogen) atoms. The second-order valence-electron chi connectivity index (χ2n) is 4.34. The molecule has 0 bridgehead atoms. The Bertz CT molecular complexity index is 541. The molecule has 0 aromatic heterocycles. The lowest BCUT2D eigenvalue weighted by Gasteiger charge is -2.28. The van der Waals surface area contributed by atoms with Gasteiger partial charge in [0, 0.05) is 6.42 Å². The number of ether oxygens (including phenoxy) is 2. The van der Waals surface area contributed by atoms with Crippen LogP contribution in [0.25, 0.3) is 0 Å². The second kappa shape index (κ2) is 6.42. The summed E-state index contributed by atoms with van der Waals surface area (Å²) in [5.41, 5.74) is -2.41. The highest BCUT2D eigenvalue weighted by Crippen LogP contribution is 2.28. The van der Waals surface area contributed by atoms with Crippen LogP contribution in [0.2, 0.25) is 0 Å². The van der Waals surface area contributed by atoms with Gasteiger partial charge in [0.05, 0.1) is 14.2 Å². The molecule has 0 spiro atoms. The third kappa shape index (κ3) is 3.41. The van der Waals surface area contributed by atoms with Crippen molar-refractivity contribution < 1.29 is 39.5 Å². The number of aliphatic hydroxyl groups is 2. The molecule has 2 atom stereocenters. The lowest BCUT2D eigenvalue weighted by atomic mass is 9.88. The van der Waals surface area contributed by atoms with Gasteiger partial charge in [0.15, 0.2) is 17.6 Å². The van der Waals surface area contributed by atoms with E-state index in [2.05, 4.69) is 9.47 Å². The molecule has 0 aliphatic heterocycles. The first-order valence-corrected chi connectivity index (χ1v) is 5.83. The van der Waals surface area contributed by atoms with E-state index in [4.69, 9.17) is 0 Å². The lowest BCUT2D eigenvalue weighted by molar-refractivity contribution is -0.187. The van der Waals surface area contributed by atoms with Gasteiger partial charge >= 0.3 is 11.9 Å². The molecule has 2 unspecified atom stereocenters. The van der Waals surface area contributed by atoms with Gasteiger partial charge in [-0.3, -0.25) is 0 Å². The van der Waals surface area contributed by atoms with Crippen LogP contribution in [0.5, 0.6) is 11.5 Å². The zero-order chi connectivity index (χ0) is 16.2. The number of methoxy groups -OCH3 is 2. The lowest BCUT2D eigenvalue weighted by Crippen LogP contribution is -2.55. The van der Waals surface area contributed by atoms with Gasteiger partial charge in [0.1, 0.15) is 0 Å². The van der Waals surface area contributed by atoms with Gasteiger partial charge in [-0.1, -0.05) is 6.07 Å². The Kier molecular flexibility index (Phi) is 5.12. The van der Waals surface area contributed by atoms with E-state index in [0.29, 0.717) is 0 Å². The topological polar surface area (TPSA) is 134 Å². The van der Waals surface area contributed by atoms with Crippen molar-refractivity contribution in [3.8, 4) is 11.5 Å². The number of carbonyl (C=O) groups excluding carboxylic acids is 2. The summed E-state index contributed by atoms with van der Waals surface area (Å²) in [7, 11) is 1.96. The molecule has 0 saturated carbocycles. The van der Waals surface area contributed by atoms with Crippen LogP contribution in [0.1, 0.15) is 5.56 Å². The highest BCUT2D eigenvalue weighted by Gasteiger charge is 2.49. The number of phenolic OH excluding ortho intramolecular Hbond substituents is 2. The Labute approximate surface area is 120 Å². The van der Waals surface area contributed by atoms with Crippen molar-refractivity contribution in [1.82, 2.24) is 0 Å². The van der Waals surface area contributed by atoms with Crippen LogP contribution in [0.3, 0.4) is 0 Å². The zero-order valence-electron chi connectivity index (χ0n) is 11.4. The van der Waals surface area contributed by atoms with Gasteiger partial charge in [-0.2, -0.15) is 0 Å². The van der Waals surface area contributed by atoms with E-state index in [1.807, 2.05) is 0 Å². The maximum absolute atomic E-state index is 11.7. The van der Waals surface area contributed by atoms with Crippen molar-refractivity contribution in [2.24, 2.45) is 0 Å². The highest BCUT2D eigenvalue weighted by atomic mass is 16.6. The Balaban J connectivity index is 3.16. The Morgan fingerprint density at radius 3 is 2.29 bits per heavy atom. The summed E-state index contributed by atoms with van der Waals surface area (Å²) >= 11 is 0. The molecule has 0 radical (unpaired) electrons. The molecule has 0 saturated heterocycles. The second-order valence-corrected chi connectivity index (χ2v) is 4.34. The average molecular weight is 300 g/mol. The molecule has 8 heteroatoms. The third-order valence-corrected chi connectivity index (χ3v) is 2.93. The van der Waals surface area contributed by atoms with E-state index in [-0.39, 0.29) is 5.56 Å². The standard InChI is InChI=1S/C13H16O8/c1-20-11(17)10(16)13(19,12(18)21-2)6-7-3-4-8(14)9(15)5-7/h3-5,10,14-16,19H,6H2,1-2H3. The maximum Gasteiger partial charge on any atom is 0.341 e. The molecule has 4 N–H and O–H groups in total. The van der Waals surface area contributed by atoms with E-state index >= 15 is 0 Å². The first-order valence-electron chi connectivity index (χ1n) is 5.83. The van der Waals surface area contributed by atoms with Crippen molar-refractivity contribution in [2.75, 3.05) is 14.2 Å². The fraction of sp³-hybridized carbons (Fsp3) is 0.385. The first-order chi connectivity index (χ1) is 9.76. The molecule has 0 fully saturated rings. The van der Waals surface area contributed by atoms with Gasteiger partial charge < -0.3 is 29.9 Å². The highest BCUT2D eigenvalue weighted by molar-refractivity contribution is 5.89. The molecule has 1 aromatic rings. The number of esters is 2. The summed E-state index contributed by atoms with van der Waals surface area (Å²) in [6, 6.07) is 3.51. The van der Waals surface area contributed by atoms with Crippen LogP contribution in [-0.4, -0.2) is 58.3 Å². The maximum atomic E-state index is 11.7. The van der Waals surface area contributed by atoms with Crippen molar-refractivity contribution in [2.45, 2.75) is 18.1 Å². The molecule has 0 heterocycles. The summed E-state index contributed by atoms with van der Waals surface area (Å²) in [5, 5.41) is 38.7. The van der Waals surface area contributed by atoms with Crippen LogP contribution in [0, 0.1) is 0 Å². The number of rotatable bonds is 5. The summed E-state index contributed by atoms with van der Waals surface area (Å²) in [4.78, 5) is 23.1. The van der Waals surface area contributed by atoms with E-state index in [0.717, 1.165) is 26.4 Å². The Hall–Kier alpha value is -2.32. The monoisotopic (exact) mass is 300 g/mol. The molecule has 1 rings (SSSR count). The molecule has 0 aliphatic rings. The predicted molar refractivity (Wildman–Crippen MR) is 68.5 cm³/mol. The van der Waals surface area contributed by atoms with Crippen LogP contribution in [0.4, 0.5) is 0 Å². The molecule has 116 valence electrons. The first kappa shape index (κ1) is 16.7. The number of hydrogen-bond donors (Lipinski definition) is 4. The minimum absolute atomic E-state index is 0.182. The summed E-state index contributed by atoms with van der Waals surface area (Å²) in [5.74, 6) is -3.33. The molecular weight excluding hydrogens is 284 g/mol. The van der Waals surface area contributed by atoms with Crippen LogP contribution in [0.15, 0.2) is 18.2 Å². The third-order valence-electron chi connectivity index (χ3n) is 2.93. The smallest absolute Gasteiger partial charge is 0.341 e. The summed E-state index contributed by atoms with van der Waals surface area (Å²) < 4.78 is 8.68. The van der Waals surface area contributed by atoms with E-state index in [9.17, 15) is 30.0 Å².